The molecule has 0 saturated heterocycles. The molecule has 1 amide bonds. The molecule has 2 atom stereocenters. The molecule has 0 radical (unpaired) electrons. The highest BCUT2D eigenvalue weighted by atomic mass is 19.1. The Balaban J connectivity index is 1.74. The molecule has 4 heteroatoms. The molecule has 0 spiro atoms. The maximum Gasteiger partial charge on any atom is 0.408 e. The minimum absolute atomic E-state index is 0.133. The van der Waals surface area contributed by atoms with Crippen molar-refractivity contribution >= 4 is 6.09 Å². The Morgan fingerprint density at radius 1 is 1.24 bits per heavy atom. The molecule has 4 saturated carbocycles. The third-order valence-electron chi connectivity index (χ3n) is 5.57. The SMILES string of the molecule is CC(C)(C)OC(=O)NC12CC3CC(CC(CCF)(C3)C1)C2. The molecular formula is C17H28FNO2. The van der Waals surface area contributed by atoms with Crippen molar-refractivity contribution in [3.05, 3.63) is 0 Å². The number of amides is 1. The van der Waals surface area contributed by atoms with E-state index in [1.165, 1.54) is 6.42 Å². The van der Waals surface area contributed by atoms with Crippen molar-refractivity contribution < 1.29 is 13.9 Å². The molecule has 3 nitrogen and oxygen atoms in total. The molecule has 2 unspecified atom stereocenters. The highest BCUT2D eigenvalue weighted by Gasteiger charge is 2.58. The van der Waals surface area contributed by atoms with Gasteiger partial charge in [0.05, 0.1) is 6.67 Å². The van der Waals surface area contributed by atoms with Crippen LogP contribution in [0.2, 0.25) is 0 Å². The van der Waals surface area contributed by atoms with Gasteiger partial charge in [-0.25, -0.2) is 4.79 Å². The first-order valence-corrected chi connectivity index (χ1v) is 8.30. The Labute approximate surface area is 127 Å². The number of rotatable bonds is 3. The number of carbonyl (C=O) groups is 1. The Kier molecular flexibility index (Phi) is 3.49. The third kappa shape index (κ3) is 3.04. The van der Waals surface area contributed by atoms with Crippen molar-refractivity contribution in [1.29, 1.82) is 0 Å². The molecule has 0 aliphatic heterocycles. The van der Waals surface area contributed by atoms with Gasteiger partial charge in [0.25, 0.3) is 0 Å². The highest BCUT2D eigenvalue weighted by molar-refractivity contribution is 5.69. The second kappa shape index (κ2) is 4.85. The molecule has 21 heavy (non-hydrogen) atoms. The molecule has 1 N–H and O–H groups in total. The lowest BCUT2D eigenvalue weighted by atomic mass is 9.46. The van der Waals surface area contributed by atoms with Gasteiger partial charge in [-0.3, -0.25) is 4.39 Å². The van der Waals surface area contributed by atoms with Crippen LogP contribution in [-0.2, 0) is 4.74 Å². The summed E-state index contributed by atoms with van der Waals surface area (Å²) in [7, 11) is 0. The van der Waals surface area contributed by atoms with E-state index in [-0.39, 0.29) is 23.7 Å². The van der Waals surface area contributed by atoms with Gasteiger partial charge in [0.1, 0.15) is 5.60 Å². The summed E-state index contributed by atoms with van der Waals surface area (Å²) < 4.78 is 18.4. The number of alkyl carbamates (subject to hydrolysis) is 1. The van der Waals surface area contributed by atoms with Crippen molar-refractivity contribution in [2.24, 2.45) is 17.3 Å². The predicted molar refractivity (Wildman–Crippen MR) is 79.8 cm³/mol. The Morgan fingerprint density at radius 3 is 2.38 bits per heavy atom. The zero-order chi connectivity index (χ0) is 15.3. The van der Waals surface area contributed by atoms with Crippen molar-refractivity contribution in [1.82, 2.24) is 5.32 Å². The minimum Gasteiger partial charge on any atom is -0.444 e. The molecule has 4 bridgehead atoms. The number of hydrogen-bond donors (Lipinski definition) is 1. The highest BCUT2D eigenvalue weighted by Crippen LogP contribution is 2.62. The average Bonchev–Trinajstić information content (AvgIpc) is 2.21. The van der Waals surface area contributed by atoms with Crippen molar-refractivity contribution in [3.63, 3.8) is 0 Å². The molecule has 0 heterocycles. The van der Waals surface area contributed by atoms with Crippen LogP contribution in [-0.4, -0.2) is 23.9 Å². The van der Waals surface area contributed by atoms with Gasteiger partial charge in [-0.2, -0.15) is 0 Å². The number of alkyl halides is 1. The van der Waals surface area contributed by atoms with E-state index in [0.29, 0.717) is 18.3 Å². The van der Waals surface area contributed by atoms with E-state index < -0.39 is 5.60 Å². The maximum atomic E-state index is 13.0. The van der Waals surface area contributed by atoms with Crippen molar-refractivity contribution in [2.45, 2.75) is 76.9 Å². The van der Waals surface area contributed by atoms with E-state index >= 15 is 0 Å². The Hall–Kier alpha value is -0.800. The first-order valence-electron chi connectivity index (χ1n) is 8.30. The normalized spacial score (nSPS) is 41.1. The second-order valence-corrected chi connectivity index (χ2v) is 8.81. The summed E-state index contributed by atoms with van der Waals surface area (Å²) >= 11 is 0. The molecule has 4 aliphatic rings. The fourth-order valence-corrected chi connectivity index (χ4v) is 5.61. The zero-order valence-electron chi connectivity index (χ0n) is 13.5. The van der Waals surface area contributed by atoms with Gasteiger partial charge in [-0.05, 0) is 83.0 Å². The van der Waals surface area contributed by atoms with Gasteiger partial charge in [-0.1, -0.05) is 0 Å². The molecule has 4 fully saturated rings. The molecule has 0 aromatic rings. The topological polar surface area (TPSA) is 38.3 Å². The monoisotopic (exact) mass is 297 g/mol. The number of ether oxygens (including phenoxy) is 1. The molecule has 4 rings (SSSR count). The Morgan fingerprint density at radius 2 is 1.86 bits per heavy atom. The fourth-order valence-electron chi connectivity index (χ4n) is 5.61. The van der Waals surface area contributed by atoms with Crippen LogP contribution in [0.5, 0.6) is 0 Å². The predicted octanol–water partition coefficient (Wildman–Crippen LogP) is 4.21. The third-order valence-corrected chi connectivity index (χ3v) is 5.57. The van der Waals surface area contributed by atoms with Gasteiger partial charge in [0.2, 0.25) is 0 Å². The first kappa shape index (κ1) is 15.1. The summed E-state index contributed by atoms with van der Waals surface area (Å²) in [6.07, 6.45) is 6.99. The van der Waals surface area contributed by atoms with Gasteiger partial charge < -0.3 is 10.1 Å². The van der Waals surface area contributed by atoms with Crippen LogP contribution in [0.15, 0.2) is 0 Å². The number of nitrogens with one attached hydrogen (secondary N) is 1. The summed E-state index contributed by atoms with van der Waals surface area (Å²) in [5.41, 5.74) is -0.474. The fraction of sp³-hybridized carbons (Fsp3) is 0.941. The van der Waals surface area contributed by atoms with Crippen LogP contribution in [0.4, 0.5) is 9.18 Å². The first-order chi connectivity index (χ1) is 9.73. The quantitative estimate of drug-likeness (QED) is 0.847. The van der Waals surface area contributed by atoms with Gasteiger partial charge in [-0.15, -0.1) is 0 Å². The second-order valence-electron chi connectivity index (χ2n) is 8.81. The zero-order valence-corrected chi connectivity index (χ0v) is 13.5. The van der Waals surface area contributed by atoms with E-state index in [9.17, 15) is 9.18 Å². The molecule has 4 aliphatic carbocycles. The molecule has 120 valence electrons. The van der Waals surface area contributed by atoms with Gasteiger partial charge in [0, 0.05) is 5.54 Å². The number of carbonyl (C=O) groups excluding carboxylic acids is 1. The van der Waals surface area contributed by atoms with Crippen molar-refractivity contribution in [3.8, 4) is 0 Å². The maximum absolute atomic E-state index is 13.0. The van der Waals surface area contributed by atoms with E-state index in [1.54, 1.807) is 0 Å². The summed E-state index contributed by atoms with van der Waals surface area (Å²) in [5.74, 6) is 1.32. The van der Waals surface area contributed by atoms with Crippen LogP contribution >= 0.6 is 0 Å². The Bertz CT molecular complexity index is 415. The van der Waals surface area contributed by atoms with Crippen LogP contribution < -0.4 is 5.32 Å². The van der Waals surface area contributed by atoms with E-state index in [0.717, 1.165) is 32.1 Å². The lowest BCUT2D eigenvalue weighted by Gasteiger charge is -2.62. The minimum atomic E-state index is -0.469. The van der Waals surface area contributed by atoms with Gasteiger partial charge >= 0.3 is 6.09 Å². The van der Waals surface area contributed by atoms with E-state index in [1.807, 2.05) is 20.8 Å². The summed E-state index contributed by atoms with van der Waals surface area (Å²) in [5, 5.41) is 3.18. The van der Waals surface area contributed by atoms with Crippen LogP contribution in [0.25, 0.3) is 0 Å². The van der Waals surface area contributed by atoms with Crippen LogP contribution in [0.1, 0.15) is 65.7 Å². The van der Waals surface area contributed by atoms with Crippen LogP contribution in [0, 0.1) is 17.3 Å². The summed E-state index contributed by atoms with van der Waals surface area (Å²) in [6, 6.07) is 0. The average molecular weight is 297 g/mol. The number of halogens is 1. The van der Waals surface area contributed by atoms with E-state index in [2.05, 4.69) is 5.32 Å². The largest absolute Gasteiger partial charge is 0.444 e. The van der Waals surface area contributed by atoms with Crippen molar-refractivity contribution in [2.75, 3.05) is 6.67 Å². The van der Waals surface area contributed by atoms with Gasteiger partial charge in [0.15, 0.2) is 0 Å². The standard InChI is InChI=1S/C17H28FNO2/c1-15(2,3)21-14(20)19-17-9-12-6-13(10-17)8-16(7-12,11-17)4-5-18/h12-13H,4-11H2,1-3H3,(H,19,20). The summed E-state index contributed by atoms with van der Waals surface area (Å²) in [4.78, 5) is 12.2. The lowest BCUT2D eigenvalue weighted by molar-refractivity contribution is -0.0875. The number of hydrogen-bond acceptors (Lipinski definition) is 2. The molecule has 0 aromatic carbocycles. The molecule has 0 aromatic heterocycles. The smallest absolute Gasteiger partial charge is 0.408 e. The van der Waals surface area contributed by atoms with E-state index in [4.69, 9.17) is 4.74 Å². The van der Waals surface area contributed by atoms with Crippen LogP contribution in [0.3, 0.4) is 0 Å². The summed E-state index contributed by atoms with van der Waals surface area (Å²) in [6.45, 7) is 5.42. The molecular weight excluding hydrogens is 269 g/mol. The lowest BCUT2D eigenvalue weighted by Crippen LogP contribution is -2.63.